The number of likely N-dealkylation sites (tertiary alicyclic amines) is 2. The van der Waals surface area contributed by atoms with E-state index in [-0.39, 0.29) is 42.8 Å². The number of fused-ring (bicyclic) bond motifs is 1. The number of aromatic amines is 1. The Kier molecular flexibility index (Phi) is 15.0. The lowest BCUT2D eigenvalue weighted by Gasteiger charge is -2.29. The minimum atomic E-state index is -0.800. The molecule has 368 valence electrons. The van der Waals surface area contributed by atoms with Crippen molar-refractivity contribution in [2.24, 2.45) is 0 Å². The summed E-state index contributed by atoms with van der Waals surface area (Å²) in [7, 11) is 0. The molecule has 2 saturated heterocycles. The number of aromatic nitrogens is 2. The molecule has 13 nitrogen and oxygen atoms in total. The highest BCUT2D eigenvalue weighted by Gasteiger charge is 2.40. The summed E-state index contributed by atoms with van der Waals surface area (Å²) in [5.74, 6) is -3.45. The number of anilines is 1. The number of nitrogens with zero attached hydrogens (tertiary/aromatic N) is 3. The Bertz CT molecular complexity index is 2890. The quantitative estimate of drug-likeness (QED) is 0.0952. The summed E-state index contributed by atoms with van der Waals surface area (Å²) in [6.07, 6.45) is 5.66. The molecule has 4 aromatic carbocycles. The van der Waals surface area contributed by atoms with Gasteiger partial charge in [0.15, 0.2) is 5.78 Å². The summed E-state index contributed by atoms with van der Waals surface area (Å²) >= 11 is 0. The number of nitrogens with one attached hydrogen (secondary N) is 2. The SMILES string of the molecule is CC(C)(C)OC(=O)C[C@@H](C(=O)N1CCC[C@H]1C(=O)Cc1ccc2[nH]c(-c3ccc(NC(=O)[C@@H]4CCCN4C(=O)[C@H](CC(=O)OC(C)(C)C)c4ccccc4)cc3)c(-c3ccncc3)c2c1)c1ccccc1. The third kappa shape index (κ3) is 12.1. The summed E-state index contributed by atoms with van der Waals surface area (Å²) in [6, 6.07) is 34.3. The molecule has 2 aromatic heterocycles. The zero-order valence-corrected chi connectivity index (χ0v) is 41.4. The van der Waals surface area contributed by atoms with Crippen molar-refractivity contribution in [1.82, 2.24) is 19.8 Å². The Morgan fingerprint density at radius 3 is 1.70 bits per heavy atom. The van der Waals surface area contributed by atoms with Crippen LogP contribution in [0.25, 0.3) is 33.3 Å². The maximum Gasteiger partial charge on any atom is 0.307 e. The van der Waals surface area contributed by atoms with Gasteiger partial charge in [0.05, 0.1) is 36.4 Å². The van der Waals surface area contributed by atoms with Gasteiger partial charge in [0, 0.05) is 54.1 Å². The molecular weight excluding hydrogens is 895 g/mol. The van der Waals surface area contributed by atoms with Gasteiger partial charge in [-0.25, -0.2) is 0 Å². The van der Waals surface area contributed by atoms with E-state index in [4.69, 9.17) is 9.47 Å². The van der Waals surface area contributed by atoms with Crippen molar-refractivity contribution in [3.05, 3.63) is 144 Å². The van der Waals surface area contributed by atoms with Gasteiger partial charge in [-0.2, -0.15) is 0 Å². The largest absolute Gasteiger partial charge is 0.460 e. The number of ketones is 1. The third-order valence-electron chi connectivity index (χ3n) is 13.0. The first-order valence-corrected chi connectivity index (χ1v) is 24.6. The highest BCUT2D eigenvalue weighted by Crippen LogP contribution is 2.40. The molecule has 6 aromatic rings. The summed E-state index contributed by atoms with van der Waals surface area (Å²) in [5, 5.41) is 3.94. The van der Waals surface area contributed by atoms with E-state index < -0.39 is 47.1 Å². The fraction of sp³-hybridized carbons (Fsp3) is 0.362. The van der Waals surface area contributed by atoms with Gasteiger partial charge in [-0.3, -0.25) is 33.8 Å². The fourth-order valence-electron chi connectivity index (χ4n) is 9.88. The first kappa shape index (κ1) is 50.0. The average Bonchev–Trinajstić information content (AvgIpc) is 4.12. The Morgan fingerprint density at radius 2 is 1.17 bits per heavy atom. The molecule has 13 heteroatoms. The molecule has 2 N–H and O–H groups in total. The molecule has 0 saturated carbocycles. The van der Waals surface area contributed by atoms with Crippen LogP contribution in [0, 0.1) is 0 Å². The standard InChI is InChI=1S/C58H63N5O8/c1-57(2,3)70-50(65)35-43(38-15-9-7-10-16-38)55(68)62-31-13-19-47(62)49(64)34-37-21-26-46-45(33-37)52(40-27-29-59-30-28-40)53(61-46)41-22-24-42(25-23-41)60-54(67)48-20-14-32-63(48)56(69)44(39-17-11-8-12-18-39)36-51(66)71-58(4,5)6/h7-12,15-18,21-30,33,43-44,47-48,61H,13-14,19-20,31-32,34-36H2,1-6H3,(H,60,67)/t43-,44-,47+,48+/m1/s1. The number of benzene rings is 4. The second kappa shape index (κ2) is 21.3. The lowest BCUT2D eigenvalue weighted by Crippen LogP contribution is -2.45. The van der Waals surface area contributed by atoms with Gasteiger partial charge in [-0.15, -0.1) is 0 Å². The molecule has 2 aliphatic heterocycles. The van der Waals surface area contributed by atoms with Crippen LogP contribution in [0.4, 0.5) is 5.69 Å². The number of pyridine rings is 1. The molecule has 0 unspecified atom stereocenters. The molecular formula is C58H63N5O8. The van der Waals surface area contributed by atoms with Crippen LogP contribution in [-0.2, 0) is 44.7 Å². The molecule has 4 atom stereocenters. The minimum Gasteiger partial charge on any atom is -0.460 e. The molecule has 0 spiro atoms. The molecule has 0 aliphatic carbocycles. The summed E-state index contributed by atoms with van der Waals surface area (Å²) < 4.78 is 11.2. The van der Waals surface area contributed by atoms with Crippen molar-refractivity contribution in [3.8, 4) is 22.4 Å². The van der Waals surface area contributed by atoms with E-state index in [9.17, 15) is 28.8 Å². The van der Waals surface area contributed by atoms with E-state index in [0.717, 1.165) is 38.9 Å². The molecule has 3 amide bonds. The Labute approximate surface area is 415 Å². The first-order chi connectivity index (χ1) is 33.9. The molecule has 0 bridgehead atoms. The Hall–Kier alpha value is -7.41. The monoisotopic (exact) mass is 957 g/mol. The van der Waals surface area contributed by atoms with Gasteiger partial charge in [-0.05, 0) is 131 Å². The number of carbonyl (C=O) groups excluding carboxylic acids is 6. The summed E-state index contributed by atoms with van der Waals surface area (Å²) in [5.41, 5.74) is 5.72. The maximum atomic E-state index is 14.3. The van der Waals surface area contributed by atoms with Gasteiger partial charge >= 0.3 is 11.9 Å². The Morgan fingerprint density at radius 1 is 0.648 bits per heavy atom. The second-order valence-corrected chi connectivity index (χ2v) is 20.6. The highest BCUT2D eigenvalue weighted by atomic mass is 16.6. The smallest absolute Gasteiger partial charge is 0.307 e. The molecule has 71 heavy (non-hydrogen) atoms. The zero-order chi connectivity index (χ0) is 50.5. The first-order valence-electron chi connectivity index (χ1n) is 24.6. The van der Waals surface area contributed by atoms with E-state index in [1.807, 2.05) is 115 Å². The van der Waals surface area contributed by atoms with Crippen molar-refractivity contribution in [1.29, 1.82) is 0 Å². The van der Waals surface area contributed by atoms with Gasteiger partial charge in [0.2, 0.25) is 17.7 Å². The molecule has 8 rings (SSSR count). The highest BCUT2D eigenvalue weighted by molar-refractivity contribution is 6.05. The van der Waals surface area contributed by atoms with Crippen molar-refractivity contribution < 1.29 is 38.2 Å². The number of Topliss-reactive ketones (excluding diaryl/α,β-unsaturated/α-hetero) is 1. The molecule has 4 heterocycles. The van der Waals surface area contributed by atoms with Crippen molar-refractivity contribution >= 4 is 52.0 Å². The number of esters is 2. The van der Waals surface area contributed by atoms with E-state index in [2.05, 4.69) is 15.3 Å². The summed E-state index contributed by atoms with van der Waals surface area (Å²) in [4.78, 5) is 94.0. The fourth-order valence-corrected chi connectivity index (χ4v) is 9.88. The van der Waals surface area contributed by atoms with Crippen LogP contribution in [0.1, 0.15) is 109 Å². The Balaban J connectivity index is 0.994. The van der Waals surface area contributed by atoms with Crippen LogP contribution < -0.4 is 5.32 Å². The number of ether oxygens (including phenoxy) is 2. The predicted molar refractivity (Wildman–Crippen MR) is 273 cm³/mol. The van der Waals surface area contributed by atoms with Gasteiger partial charge < -0.3 is 29.6 Å². The number of hydrogen-bond donors (Lipinski definition) is 2. The van der Waals surface area contributed by atoms with Gasteiger partial charge in [0.25, 0.3) is 0 Å². The van der Waals surface area contributed by atoms with Gasteiger partial charge in [0.1, 0.15) is 17.2 Å². The normalized spacial score (nSPS) is 16.9. The van der Waals surface area contributed by atoms with E-state index >= 15 is 0 Å². The third-order valence-corrected chi connectivity index (χ3v) is 13.0. The van der Waals surface area contributed by atoms with Gasteiger partial charge in [-0.1, -0.05) is 78.9 Å². The molecule has 2 aliphatic rings. The lowest BCUT2D eigenvalue weighted by atomic mass is 9.93. The lowest BCUT2D eigenvalue weighted by molar-refractivity contribution is -0.158. The van der Waals surface area contributed by atoms with E-state index in [0.29, 0.717) is 55.6 Å². The zero-order valence-electron chi connectivity index (χ0n) is 41.4. The number of carbonyl (C=O) groups is 6. The van der Waals surface area contributed by atoms with Crippen molar-refractivity contribution in [2.75, 3.05) is 18.4 Å². The van der Waals surface area contributed by atoms with Crippen LogP contribution in [-0.4, -0.2) is 91.6 Å². The van der Waals surface area contributed by atoms with Crippen LogP contribution in [0.15, 0.2) is 128 Å². The molecule has 0 radical (unpaired) electrons. The number of rotatable bonds is 15. The van der Waals surface area contributed by atoms with Crippen molar-refractivity contribution in [2.45, 2.75) is 122 Å². The van der Waals surface area contributed by atoms with Crippen LogP contribution in [0.3, 0.4) is 0 Å². The van der Waals surface area contributed by atoms with E-state index in [1.165, 1.54) is 0 Å². The van der Waals surface area contributed by atoms with Crippen molar-refractivity contribution in [3.63, 3.8) is 0 Å². The topological polar surface area (TPSA) is 168 Å². The second-order valence-electron chi connectivity index (χ2n) is 20.6. The number of hydrogen-bond acceptors (Lipinski definition) is 9. The number of amides is 3. The van der Waals surface area contributed by atoms with Crippen LogP contribution in [0.5, 0.6) is 0 Å². The predicted octanol–water partition coefficient (Wildman–Crippen LogP) is 9.96. The number of H-pyrrole nitrogens is 1. The van der Waals surface area contributed by atoms with Crippen LogP contribution >= 0.6 is 0 Å². The average molecular weight is 958 g/mol. The van der Waals surface area contributed by atoms with E-state index in [1.54, 1.807) is 63.7 Å². The molecule has 2 fully saturated rings. The maximum absolute atomic E-state index is 14.3. The van der Waals surface area contributed by atoms with Crippen LogP contribution in [0.2, 0.25) is 0 Å². The summed E-state index contributed by atoms with van der Waals surface area (Å²) in [6.45, 7) is 11.6. The minimum absolute atomic E-state index is 0.0694.